The monoisotopic (exact) mass is 796 g/mol. The van der Waals surface area contributed by atoms with E-state index in [1.165, 1.54) is 6.42 Å². The zero-order valence-corrected chi connectivity index (χ0v) is 35.5. The lowest BCUT2D eigenvalue weighted by molar-refractivity contribution is -0.183. The average molecular weight is 797 g/mol. The van der Waals surface area contributed by atoms with Crippen molar-refractivity contribution in [3.8, 4) is 16.9 Å². The minimum absolute atomic E-state index is 0.00435. The summed E-state index contributed by atoms with van der Waals surface area (Å²) in [6, 6.07) is 21.1. The Kier molecular flexibility index (Phi) is 12.3. The average Bonchev–Trinajstić information content (AvgIpc) is 3.79. The molecule has 2 heterocycles. The number of nitrogens with two attached hydrogens (primary N) is 1. The van der Waals surface area contributed by atoms with E-state index in [1.54, 1.807) is 12.2 Å². The number of benzene rings is 3. The van der Waals surface area contributed by atoms with Crippen molar-refractivity contribution < 1.29 is 29.4 Å². The highest BCUT2D eigenvalue weighted by Gasteiger charge is 2.57. The number of rotatable bonds is 13. The Balaban J connectivity index is 1.21. The molecule has 58 heavy (non-hydrogen) atoms. The molecule has 3 aromatic rings. The van der Waals surface area contributed by atoms with Gasteiger partial charge in [-0.05, 0) is 92.3 Å². The highest BCUT2D eigenvalue weighted by molar-refractivity contribution is 5.98. The van der Waals surface area contributed by atoms with Gasteiger partial charge in [-0.3, -0.25) is 14.4 Å². The first-order chi connectivity index (χ1) is 27.6. The second kappa shape index (κ2) is 16.9. The Hall–Kier alpha value is -4.04. The molecular weight excluding hydrogens is 733 g/mol. The van der Waals surface area contributed by atoms with Gasteiger partial charge in [-0.15, -0.1) is 0 Å². The quantitative estimate of drug-likeness (QED) is 0.177. The number of methoxy groups -OCH3 is 1. The predicted molar refractivity (Wildman–Crippen MR) is 226 cm³/mol. The largest absolute Gasteiger partial charge is 0.496 e. The van der Waals surface area contributed by atoms with Crippen LogP contribution in [-0.2, 0) is 16.2 Å². The Morgan fingerprint density at radius 2 is 1.78 bits per heavy atom. The summed E-state index contributed by atoms with van der Waals surface area (Å²) in [5.41, 5.74) is 11.3. The highest BCUT2D eigenvalue weighted by atomic mass is 16.7. The number of nitrogens with zero attached hydrogens (tertiary/aromatic N) is 4. The van der Waals surface area contributed by atoms with Crippen LogP contribution in [0.5, 0.6) is 5.75 Å². The number of hydrogen-bond donors (Lipinski definition) is 4. The van der Waals surface area contributed by atoms with Gasteiger partial charge in [0.2, 0.25) is 5.91 Å². The van der Waals surface area contributed by atoms with Crippen LogP contribution >= 0.6 is 0 Å². The maximum absolute atomic E-state index is 14.8. The molecule has 2 aliphatic heterocycles. The molecule has 10 atom stereocenters. The van der Waals surface area contributed by atoms with Gasteiger partial charge in [-0.25, -0.2) is 0 Å². The van der Waals surface area contributed by atoms with Crippen molar-refractivity contribution in [2.75, 3.05) is 53.4 Å². The molecular formula is C46H64N6O6. The van der Waals surface area contributed by atoms with E-state index in [4.69, 9.17) is 15.3 Å². The second-order valence-electron chi connectivity index (χ2n) is 18.3. The van der Waals surface area contributed by atoms with E-state index < -0.39 is 30.9 Å². The Bertz CT molecular complexity index is 1940. The number of carbonyl (C=O) groups is 2. The van der Waals surface area contributed by atoms with Gasteiger partial charge >= 0.3 is 0 Å². The zero-order chi connectivity index (χ0) is 41.6. The summed E-state index contributed by atoms with van der Waals surface area (Å²) in [6.07, 6.45) is 1.60. The smallest absolute Gasteiger partial charge is 0.254 e. The number of nitrogens with one attached hydrogen (secondary N) is 1. The van der Waals surface area contributed by atoms with E-state index in [1.807, 2.05) is 81.6 Å². The number of likely N-dealkylation sites (N-methyl/N-ethyl adjacent to an activating group) is 1. The van der Waals surface area contributed by atoms with Crippen molar-refractivity contribution in [3.63, 3.8) is 0 Å². The Morgan fingerprint density at radius 1 is 1.03 bits per heavy atom. The van der Waals surface area contributed by atoms with Gasteiger partial charge < -0.3 is 40.7 Å². The first kappa shape index (κ1) is 42.1. The molecule has 2 saturated heterocycles. The minimum atomic E-state index is -1.40. The van der Waals surface area contributed by atoms with Gasteiger partial charge in [0.25, 0.3) is 5.91 Å². The topological polar surface area (TPSA) is 144 Å². The van der Waals surface area contributed by atoms with Gasteiger partial charge in [0.1, 0.15) is 24.1 Å². The number of aliphatic hydroxyl groups is 2. The molecule has 5 fully saturated rings. The normalized spacial score (nSPS) is 29.6. The van der Waals surface area contributed by atoms with Crippen LogP contribution in [0, 0.1) is 29.1 Å². The molecule has 3 saturated carbocycles. The van der Waals surface area contributed by atoms with Crippen LogP contribution in [0.1, 0.15) is 74.0 Å². The number of para-hydroxylation sites is 1. The summed E-state index contributed by atoms with van der Waals surface area (Å²) in [7, 11) is 9.64. The molecule has 314 valence electrons. The maximum Gasteiger partial charge on any atom is 0.254 e. The van der Waals surface area contributed by atoms with Crippen molar-refractivity contribution in [2.45, 2.75) is 89.5 Å². The molecule has 5 aliphatic rings. The SMILES string of the molecule is COc1c(CN2O[C@@H](CO)C([C@H](N)O)[C@H]2C(=O)N[C@H]2C[C@H]3C[C@@H](C2C)C3(C)C)cccc1-c1cc(C(=O)N2[C@H](CN(C)C)CC[C@@H]2c2ccccc2)cc(N(C)C)c1. The molecule has 2 amide bonds. The van der Waals surface area contributed by atoms with Crippen LogP contribution in [0.25, 0.3) is 11.1 Å². The molecule has 0 aromatic heterocycles. The number of hydrogen-bond acceptors (Lipinski definition) is 10. The van der Waals surface area contributed by atoms with Crippen molar-refractivity contribution in [1.82, 2.24) is 20.2 Å². The molecule has 0 radical (unpaired) electrons. The molecule has 3 aliphatic carbocycles. The predicted octanol–water partition coefficient (Wildman–Crippen LogP) is 4.89. The van der Waals surface area contributed by atoms with Crippen molar-refractivity contribution >= 4 is 17.5 Å². The van der Waals surface area contributed by atoms with Gasteiger partial charge in [0.05, 0.1) is 32.2 Å². The molecule has 5 N–H and O–H groups in total. The van der Waals surface area contributed by atoms with Gasteiger partial charge in [-0.1, -0.05) is 69.3 Å². The number of ether oxygens (including phenoxy) is 1. The fourth-order valence-electron chi connectivity index (χ4n) is 10.8. The van der Waals surface area contributed by atoms with E-state index in [0.717, 1.165) is 53.7 Å². The first-order valence-corrected chi connectivity index (χ1v) is 20.9. The van der Waals surface area contributed by atoms with Crippen molar-refractivity contribution in [2.24, 2.45) is 34.8 Å². The van der Waals surface area contributed by atoms with E-state index >= 15 is 0 Å². The summed E-state index contributed by atoms with van der Waals surface area (Å²) in [4.78, 5) is 41.6. The van der Waals surface area contributed by atoms with Gasteiger partial charge in [0.15, 0.2) is 0 Å². The fourth-order valence-corrected chi connectivity index (χ4v) is 10.8. The molecule has 2 unspecified atom stereocenters. The number of likely N-dealkylation sites (tertiary alicyclic amines) is 1. The summed E-state index contributed by atoms with van der Waals surface area (Å²) >= 11 is 0. The first-order valence-electron chi connectivity index (χ1n) is 20.9. The third-order valence-corrected chi connectivity index (χ3v) is 14.0. The molecule has 8 rings (SSSR count). The number of aliphatic hydroxyl groups excluding tert-OH is 2. The van der Waals surface area contributed by atoms with Crippen LogP contribution in [0.15, 0.2) is 66.7 Å². The number of carbonyl (C=O) groups excluding carboxylic acids is 2. The molecule has 2 bridgehead atoms. The standard InChI is InChI=1S/C46H64N6O6/c1-27-36-22-32(46(36,2)3)23-37(27)48-44(55)41-40(43(47)54)39(26-53)58-51(41)24-29-15-12-16-35(42(29)57-8)30-19-31(21-34(20-30)50(6)7)45(56)52-33(25-49(4)5)17-18-38(52)28-13-10-9-11-14-28/h9-16,19-21,27,32-33,36-41,43,53-54H,17-18,22-26,47H2,1-8H3,(H,48,55)/t27?,32-,33+,36+,37+,38-,39+,40?,41+,43-/m1/s1. The van der Waals surface area contributed by atoms with Crippen LogP contribution in [-0.4, -0.2) is 116 Å². The summed E-state index contributed by atoms with van der Waals surface area (Å²) in [5.74, 6) is 0.779. The second-order valence-corrected chi connectivity index (χ2v) is 18.3. The van der Waals surface area contributed by atoms with Gasteiger partial charge in [-0.2, -0.15) is 5.06 Å². The number of hydroxylamine groups is 2. The summed E-state index contributed by atoms with van der Waals surface area (Å²) < 4.78 is 6.15. The zero-order valence-electron chi connectivity index (χ0n) is 35.5. The van der Waals surface area contributed by atoms with E-state index in [2.05, 4.69) is 54.1 Å². The van der Waals surface area contributed by atoms with Crippen LogP contribution in [0.2, 0.25) is 0 Å². The van der Waals surface area contributed by atoms with E-state index in [-0.39, 0.29) is 41.9 Å². The number of amides is 2. The fraction of sp³-hybridized carbons (Fsp3) is 0.565. The molecule has 12 heteroatoms. The lowest BCUT2D eigenvalue weighted by Gasteiger charge is -2.62. The van der Waals surface area contributed by atoms with Gasteiger partial charge in [0, 0.05) is 55.1 Å². The minimum Gasteiger partial charge on any atom is -0.496 e. The Labute approximate surface area is 344 Å². The lowest BCUT2D eigenvalue weighted by atomic mass is 9.45. The third-order valence-electron chi connectivity index (χ3n) is 14.0. The highest BCUT2D eigenvalue weighted by Crippen LogP contribution is 2.61. The van der Waals surface area contributed by atoms with E-state index in [9.17, 15) is 19.8 Å². The van der Waals surface area contributed by atoms with Crippen LogP contribution in [0.4, 0.5) is 5.69 Å². The van der Waals surface area contributed by atoms with Crippen LogP contribution < -0.4 is 20.7 Å². The third kappa shape index (κ3) is 7.87. The lowest BCUT2D eigenvalue weighted by Crippen LogP contribution is -2.62. The summed E-state index contributed by atoms with van der Waals surface area (Å²) in [6.45, 7) is 7.34. The molecule has 0 spiro atoms. The summed E-state index contributed by atoms with van der Waals surface area (Å²) in [5, 5.41) is 26.0. The number of fused-ring (bicyclic) bond motifs is 2. The van der Waals surface area contributed by atoms with E-state index in [0.29, 0.717) is 29.1 Å². The van der Waals surface area contributed by atoms with Crippen molar-refractivity contribution in [1.29, 1.82) is 0 Å². The molecule has 12 nitrogen and oxygen atoms in total. The van der Waals surface area contributed by atoms with Crippen LogP contribution in [0.3, 0.4) is 0 Å². The number of anilines is 1. The van der Waals surface area contributed by atoms with Crippen molar-refractivity contribution in [3.05, 3.63) is 83.4 Å². The molecule has 3 aromatic carbocycles. The Morgan fingerprint density at radius 3 is 2.40 bits per heavy atom. The maximum atomic E-state index is 14.8.